The first-order chi connectivity index (χ1) is 6.06. The molecule has 0 saturated heterocycles. The van der Waals surface area contributed by atoms with Gasteiger partial charge in [-0.3, -0.25) is 9.59 Å². The van der Waals surface area contributed by atoms with E-state index in [-0.39, 0.29) is 0 Å². The molecule has 0 bridgehead atoms. The van der Waals surface area contributed by atoms with E-state index in [0.717, 1.165) is 5.75 Å². The zero-order valence-electron chi connectivity index (χ0n) is 8.03. The molecule has 0 unspecified atom stereocenters. The van der Waals surface area contributed by atoms with Crippen molar-refractivity contribution in [3.63, 3.8) is 0 Å². The van der Waals surface area contributed by atoms with E-state index in [1.807, 2.05) is 6.26 Å². The molecule has 0 heterocycles. The Labute approximate surface area is 82.0 Å². The first-order valence-electron chi connectivity index (χ1n) is 3.89. The van der Waals surface area contributed by atoms with Crippen molar-refractivity contribution in [3.8, 4) is 0 Å². The molecule has 0 aromatic rings. The zero-order chi connectivity index (χ0) is 10.3. The summed E-state index contributed by atoms with van der Waals surface area (Å²) in [5.41, 5.74) is 0. The predicted octanol–water partition coefficient (Wildman–Crippen LogP) is 1.19. The Morgan fingerprint density at radius 3 is 2.00 bits per heavy atom. The van der Waals surface area contributed by atoms with Crippen molar-refractivity contribution in [1.29, 1.82) is 0 Å². The van der Waals surface area contributed by atoms with E-state index in [1.165, 1.54) is 13.8 Å². The summed E-state index contributed by atoms with van der Waals surface area (Å²) in [4.78, 5) is 21.2. The van der Waals surface area contributed by atoms with Crippen molar-refractivity contribution in [3.05, 3.63) is 0 Å². The van der Waals surface area contributed by atoms with E-state index in [2.05, 4.69) is 0 Å². The van der Waals surface area contributed by atoms with Crippen LogP contribution >= 0.6 is 11.8 Å². The maximum absolute atomic E-state index is 10.6. The van der Waals surface area contributed by atoms with Crippen molar-refractivity contribution < 1.29 is 19.1 Å². The normalized spacial score (nSPS) is 9.85. The lowest BCUT2D eigenvalue weighted by Gasteiger charge is -2.15. The SMILES string of the molecule is CSCCC(OC(C)=O)OC(C)=O. The second-order valence-electron chi connectivity index (χ2n) is 2.43. The van der Waals surface area contributed by atoms with Crippen molar-refractivity contribution in [1.82, 2.24) is 0 Å². The average molecular weight is 206 g/mol. The second kappa shape index (κ2) is 6.77. The van der Waals surface area contributed by atoms with Gasteiger partial charge in [0.1, 0.15) is 0 Å². The van der Waals surface area contributed by atoms with E-state index in [9.17, 15) is 9.59 Å². The lowest BCUT2D eigenvalue weighted by Crippen LogP contribution is -2.23. The van der Waals surface area contributed by atoms with Crippen LogP contribution in [0, 0.1) is 0 Å². The number of thioether (sulfide) groups is 1. The number of hydrogen-bond donors (Lipinski definition) is 0. The van der Waals surface area contributed by atoms with Gasteiger partial charge < -0.3 is 9.47 Å². The lowest BCUT2D eigenvalue weighted by atomic mass is 10.4. The highest BCUT2D eigenvalue weighted by Crippen LogP contribution is 2.06. The minimum absolute atomic E-state index is 0.438. The van der Waals surface area contributed by atoms with Crippen LogP contribution in [0.4, 0.5) is 0 Å². The molecule has 4 nitrogen and oxygen atoms in total. The number of ether oxygens (including phenoxy) is 2. The zero-order valence-corrected chi connectivity index (χ0v) is 8.85. The molecule has 0 amide bonds. The predicted molar refractivity (Wildman–Crippen MR) is 50.3 cm³/mol. The minimum atomic E-state index is -0.734. The van der Waals surface area contributed by atoms with Gasteiger partial charge in [-0.2, -0.15) is 11.8 Å². The van der Waals surface area contributed by atoms with Crippen molar-refractivity contribution in [2.45, 2.75) is 26.6 Å². The molecule has 13 heavy (non-hydrogen) atoms. The standard InChI is InChI=1S/C8H14O4S/c1-6(9)11-8(4-5-13-3)12-7(2)10/h8H,4-5H2,1-3H3. The van der Waals surface area contributed by atoms with Crippen molar-refractivity contribution in [2.75, 3.05) is 12.0 Å². The summed E-state index contributed by atoms with van der Waals surface area (Å²) in [6.45, 7) is 2.57. The van der Waals surface area contributed by atoms with Gasteiger partial charge >= 0.3 is 11.9 Å². The lowest BCUT2D eigenvalue weighted by molar-refractivity contribution is -0.184. The summed E-state index contributed by atoms with van der Waals surface area (Å²) in [6, 6.07) is 0. The number of carbonyl (C=O) groups excluding carboxylic acids is 2. The summed E-state index contributed by atoms with van der Waals surface area (Å²) in [6.07, 6.45) is 1.72. The van der Waals surface area contributed by atoms with Gasteiger partial charge in [-0.25, -0.2) is 0 Å². The molecule has 0 radical (unpaired) electrons. The smallest absolute Gasteiger partial charge is 0.305 e. The highest BCUT2D eigenvalue weighted by molar-refractivity contribution is 7.98. The topological polar surface area (TPSA) is 52.6 Å². The highest BCUT2D eigenvalue weighted by atomic mass is 32.2. The van der Waals surface area contributed by atoms with E-state index in [0.29, 0.717) is 6.42 Å². The van der Waals surface area contributed by atoms with Gasteiger partial charge in [-0.15, -0.1) is 0 Å². The fourth-order valence-electron chi connectivity index (χ4n) is 0.726. The van der Waals surface area contributed by atoms with E-state index in [1.54, 1.807) is 11.8 Å². The van der Waals surface area contributed by atoms with Crippen molar-refractivity contribution >= 4 is 23.7 Å². The third kappa shape index (κ3) is 7.64. The highest BCUT2D eigenvalue weighted by Gasteiger charge is 2.13. The van der Waals surface area contributed by atoms with Crippen LogP contribution in [0.5, 0.6) is 0 Å². The van der Waals surface area contributed by atoms with E-state index < -0.39 is 18.2 Å². The molecule has 0 aliphatic heterocycles. The Balaban J connectivity index is 3.87. The Bertz CT molecular complexity index is 165. The largest absolute Gasteiger partial charge is 0.425 e. The van der Waals surface area contributed by atoms with Gasteiger partial charge in [-0.1, -0.05) is 0 Å². The third-order valence-electron chi connectivity index (χ3n) is 1.15. The summed E-state index contributed by atoms with van der Waals surface area (Å²) in [7, 11) is 0. The fraction of sp³-hybridized carbons (Fsp3) is 0.750. The van der Waals surface area contributed by atoms with E-state index in [4.69, 9.17) is 9.47 Å². The second-order valence-corrected chi connectivity index (χ2v) is 3.42. The molecule has 76 valence electrons. The van der Waals surface area contributed by atoms with Gasteiger partial charge in [0, 0.05) is 26.0 Å². The molecule has 0 rings (SSSR count). The summed E-state index contributed by atoms with van der Waals surface area (Å²) < 4.78 is 9.54. The summed E-state index contributed by atoms with van der Waals surface area (Å²) in [5.74, 6) is -0.0923. The molecular formula is C8H14O4S. The van der Waals surface area contributed by atoms with Gasteiger partial charge in [0.05, 0.1) is 0 Å². The maximum atomic E-state index is 10.6. The number of hydrogen-bond acceptors (Lipinski definition) is 5. The van der Waals surface area contributed by atoms with Crippen LogP contribution < -0.4 is 0 Å². The monoisotopic (exact) mass is 206 g/mol. The minimum Gasteiger partial charge on any atom is -0.425 e. The Kier molecular flexibility index (Phi) is 6.40. The van der Waals surface area contributed by atoms with Crippen LogP contribution in [0.1, 0.15) is 20.3 Å². The van der Waals surface area contributed by atoms with Crippen molar-refractivity contribution in [2.24, 2.45) is 0 Å². The van der Waals surface area contributed by atoms with Crippen LogP contribution in [0.15, 0.2) is 0 Å². The Morgan fingerprint density at radius 2 is 1.69 bits per heavy atom. The molecule has 0 N–H and O–H groups in total. The molecule has 0 saturated carbocycles. The maximum Gasteiger partial charge on any atom is 0.305 e. The number of carbonyl (C=O) groups is 2. The molecule has 0 aromatic carbocycles. The van der Waals surface area contributed by atoms with Gasteiger partial charge in [-0.05, 0) is 6.26 Å². The van der Waals surface area contributed by atoms with Gasteiger partial charge in [0.15, 0.2) is 0 Å². The first kappa shape index (κ1) is 12.3. The molecular weight excluding hydrogens is 192 g/mol. The summed E-state index contributed by atoms with van der Waals surface area (Å²) >= 11 is 1.60. The third-order valence-corrected chi connectivity index (χ3v) is 1.80. The molecule has 0 aliphatic rings. The molecule has 0 aliphatic carbocycles. The quantitative estimate of drug-likeness (QED) is 0.499. The molecule has 0 fully saturated rings. The molecule has 0 spiro atoms. The number of rotatable bonds is 5. The van der Waals surface area contributed by atoms with Crippen LogP contribution in [-0.2, 0) is 19.1 Å². The van der Waals surface area contributed by atoms with E-state index >= 15 is 0 Å². The van der Waals surface area contributed by atoms with Crippen LogP contribution in [-0.4, -0.2) is 30.2 Å². The van der Waals surface area contributed by atoms with Crippen LogP contribution in [0.25, 0.3) is 0 Å². The fourth-order valence-corrected chi connectivity index (χ4v) is 1.15. The molecule has 5 heteroatoms. The summed E-state index contributed by atoms with van der Waals surface area (Å²) in [5, 5.41) is 0. The molecule has 0 aromatic heterocycles. The van der Waals surface area contributed by atoms with Gasteiger partial charge in [0.2, 0.25) is 6.29 Å². The first-order valence-corrected chi connectivity index (χ1v) is 5.29. The Hall–Kier alpha value is -0.710. The molecule has 0 atom stereocenters. The van der Waals surface area contributed by atoms with Crippen LogP contribution in [0.3, 0.4) is 0 Å². The van der Waals surface area contributed by atoms with Gasteiger partial charge in [0.25, 0.3) is 0 Å². The average Bonchev–Trinajstić information content (AvgIpc) is 1.98. The Morgan fingerprint density at radius 1 is 1.23 bits per heavy atom. The number of esters is 2. The van der Waals surface area contributed by atoms with Crippen LogP contribution in [0.2, 0.25) is 0 Å².